The summed E-state index contributed by atoms with van der Waals surface area (Å²) in [7, 11) is 2.25. The molecule has 1 aromatic carbocycles. The zero-order chi connectivity index (χ0) is 15.7. The average molecular weight is 292 g/mol. The smallest absolute Gasteiger partial charge is 0.313 e. The molecular formula is C18H30NO2+. The Bertz CT molecular complexity index is 412. The van der Waals surface area contributed by atoms with Crippen molar-refractivity contribution in [2.75, 3.05) is 33.3 Å². The molecule has 0 N–H and O–H groups in total. The van der Waals surface area contributed by atoms with Crippen molar-refractivity contribution < 1.29 is 14.0 Å². The molecule has 0 saturated carbocycles. The highest BCUT2D eigenvalue weighted by molar-refractivity contribution is 5.78. The van der Waals surface area contributed by atoms with Gasteiger partial charge in [0.05, 0.1) is 39.2 Å². The lowest BCUT2D eigenvalue weighted by molar-refractivity contribution is -0.906. The summed E-state index contributed by atoms with van der Waals surface area (Å²) in [4.78, 5) is 12.2. The van der Waals surface area contributed by atoms with E-state index in [-0.39, 0.29) is 11.9 Å². The number of esters is 1. The van der Waals surface area contributed by atoms with Gasteiger partial charge in [0, 0.05) is 6.42 Å². The lowest BCUT2D eigenvalue weighted by atomic mass is 9.97. The fourth-order valence-electron chi connectivity index (χ4n) is 2.48. The van der Waals surface area contributed by atoms with E-state index < -0.39 is 0 Å². The summed E-state index contributed by atoms with van der Waals surface area (Å²) in [5.74, 6) is -0.227. The number of ether oxygens (including phenoxy) is 1. The summed E-state index contributed by atoms with van der Waals surface area (Å²) in [6.45, 7) is 10.3. The second-order valence-corrected chi connectivity index (χ2v) is 5.87. The molecule has 1 aromatic rings. The first-order valence-electron chi connectivity index (χ1n) is 8.11. The molecule has 0 spiro atoms. The molecular weight excluding hydrogens is 262 g/mol. The highest BCUT2D eigenvalue weighted by Gasteiger charge is 2.21. The molecule has 0 heterocycles. The minimum atomic E-state index is -0.135. The number of carbonyl (C=O) groups excluding carboxylic acids is 1. The maximum Gasteiger partial charge on any atom is 0.313 e. The van der Waals surface area contributed by atoms with E-state index in [1.807, 2.05) is 37.3 Å². The molecule has 1 atom stereocenters. The highest BCUT2D eigenvalue weighted by atomic mass is 16.5. The summed E-state index contributed by atoms with van der Waals surface area (Å²) in [6, 6.07) is 9.90. The topological polar surface area (TPSA) is 26.3 Å². The average Bonchev–Trinajstić information content (AvgIpc) is 2.53. The Morgan fingerprint density at radius 3 is 2.29 bits per heavy atom. The van der Waals surface area contributed by atoms with E-state index in [4.69, 9.17) is 4.74 Å². The van der Waals surface area contributed by atoms with Gasteiger partial charge >= 0.3 is 5.97 Å². The van der Waals surface area contributed by atoms with Crippen LogP contribution in [0, 0.1) is 0 Å². The van der Waals surface area contributed by atoms with Gasteiger partial charge in [-0.1, -0.05) is 37.3 Å². The van der Waals surface area contributed by atoms with Crippen LogP contribution in [0.1, 0.15) is 45.1 Å². The molecule has 0 amide bonds. The zero-order valence-corrected chi connectivity index (χ0v) is 14.0. The second-order valence-electron chi connectivity index (χ2n) is 5.87. The van der Waals surface area contributed by atoms with Gasteiger partial charge in [-0.05, 0) is 25.8 Å². The number of nitrogens with zero attached hydrogens (tertiary/aromatic N) is 1. The molecule has 0 aliphatic heterocycles. The van der Waals surface area contributed by atoms with Crippen LogP contribution in [0.15, 0.2) is 30.3 Å². The van der Waals surface area contributed by atoms with Gasteiger partial charge in [-0.3, -0.25) is 4.79 Å². The molecule has 0 radical (unpaired) electrons. The van der Waals surface area contributed by atoms with Crippen LogP contribution in [-0.4, -0.2) is 43.7 Å². The first kappa shape index (κ1) is 17.7. The summed E-state index contributed by atoms with van der Waals surface area (Å²) >= 11 is 0. The maximum atomic E-state index is 12.2. The third kappa shape index (κ3) is 5.50. The molecule has 0 aromatic heterocycles. The van der Waals surface area contributed by atoms with Gasteiger partial charge in [0.2, 0.25) is 0 Å². The zero-order valence-electron chi connectivity index (χ0n) is 14.0. The fourth-order valence-corrected chi connectivity index (χ4v) is 2.48. The molecule has 1 rings (SSSR count). The normalized spacial score (nSPS) is 13.0. The van der Waals surface area contributed by atoms with E-state index in [1.54, 1.807) is 0 Å². The van der Waals surface area contributed by atoms with Crippen LogP contribution >= 0.6 is 0 Å². The second kappa shape index (κ2) is 8.83. The molecule has 0 bridgehead atoms. The van der Waals surface area contributed by atoms with Crippen molar-refractivity contribution in [3.8, 4) is 0 Å². The SMILES string of the molecule is CCC(C(=O)OCCC[N+](C)(CC)CC)c1ccccc1. The first-order chi connectivity index (χ1) is 10.1. The molecule has 3 nitrogen and oxygen atoms in total. The Morgan fingerprint density at radius 2 is 1.76 bits per heavy atom. The van der Waals surface area contributed by atoms with Crippen molar-refractivity contribution in [2.24, 2.45) is 0 Å². The van der Waals surface area contributed by atoms with Gasteiger partial charge < -0.3 is 9.22 Å². The van der Waals surface area contributed by atoms with Crippen LogP contribution in [0.5, 0.6) is 0 Å². The van der Waals surface area contributed by atoms with Crippen molar-refractivity contribution in [1.29, 1.82) is 0 Å². The first-order valence-corrected chi connectivity index (χ1v) is 8.11. The van der Waals surface area contributed by atoms with Crippen molar-refractivity contribution in [3.63, 3.8) is 0 Å². The maximum absolute atomic E-state index is 12.2. The van der Waals surface area contributed by atoms with Gasteiger partial charge in [-0.15, -0.1) is 0 Å². The van der Waals surface area contributed by atoms with Crippen LogP contribution < -0.4 is 0 Å². The largest absolute Gasteiger partial charge is 0.465 e. The lowest BCUT2D eigenvalue weighted by Crippen LogP contribution is -2.44. The minimum Gasteiger partial charge on any atom is -0.465 e. The van der Waals surface area contributed by atoms with E-state index in [9.17, 15) is 4.79 Å². The van der Waals surface area contributed by atoms with Crippen molar-refractivity contribution in [3.05, 3.63) is 35.9 Å². The minimum absolute atomic E-state index is 0.0918. The third-order valence-electron chi connectivity index (χ3n) is 4.51. The number of rotatable bonds is 9. The van der Waals surface area contributed by atoms with Gasteiger partial charge in [-0.25, -0.2) is 0 Å². The Labute approximate surface area is 129 Å². The standard InChI is InChI=1S/C18H30NO2/c1-5-17(16-12-9-8-10-13-16)18(20)21-15-11-14-19(4,6-2)7-3/h8-10,12-13,17H,5-7,11,14-15H2,1-4H3/q+1. The third-order valence-corrected chi connectivity index (χ3v) is 4.51. The van der Waals surface area contributed by atoms with Crippen LogP contribution in [-0.2, 0) is 9.53 Å². The van der Waals surface area contributed by atoms with Gasteiger partial charge in [-0.2, -0.15) is 0 Å². The molecule has 0 saturated heterocycles. The van der Waals surface area contributed by atoms with Crippen LogP contribution in [0.2, 0.25) is 0 Å². The monoisotopic (exact) mass is 292 g/mol. The molecule has 1 unspecified atom stereocenters. The number of quaternary nitrogens is 1. The molecule has 0 aliphatic rings. The number of hydrogen-bond donors (Lipinski definition) is 0. The van der Waals surface area contributed by atoms with Gasteiger partial charge in [0.25, 0.3) is 0 Å². The quantitative estimate of drug-likeness (QED) is 0.395. The van der Waals surface area contributed by atoms with Crippen LogP contribution in [0.25, 0.3) is 0 Å². The van der Waals surface area contributed by atoms with Crippen molar-refractivity contribution in [1.82, 2.24) is 0 Å². The van der Waals surface area contributed by atoms with E-state index in [2.05, 4.69) is 20.9 Å². The summed E-state index contributed by atoms with van der Waals surface area (Å²) in [5, 5.41) is 0. The Balaban J connectivity index is 2.42. The number of carbonyl (C=O) groups is 1. The molecule has 0 aliphatic carbocycles. The van der Waals surface area contributed by atoms with E-state index >= 15 is 0 Å². The highest BCUT2D eigenvalue weighted by Crippen LogP contribution is 2.20. The molecule has 0 fully saturated rings. The summed E-state index contributed by atoms with van der Waals surface area (Å²) < 4.78 is 6.52. The predicted octanol–water partition coefficient (Wildman–Crippen LogP) is 3.60. The van der Waals surface area contributed by atoms with E-state index in [0.717, 1.165) is 42.5 Å². The van der Waals surface area contributed by atoms with Gasteiger partial charge in [0.1, 0.15) is 0 Å². The predicted molar refractivity (Wildman–Crippen MR) is 87.2 cm³/mol. The Hall–Kier alpha value is -1.35. The van der Waals surface area contributed by atoms with Crippen molar-refractivity contribution >= 4 is 5.97 Å². The van der Waals surface area contributed by atoms with Gasteiger partial charge in [0.15, 0.2) is 0 Å². The van der Waals surface area contributed by atoms with Crippen LogP contribution in [0.3, 0.4) is 0 Å². The Morgan fingerprint density at radius 1 is 1.14 bits per heavy atom. The number of benzene rings is 1. The molecule has 3 heteroatoms. The summed E-state index contributed by atoms with van der Waals surface area (Å²) in [5.41, 5.74) is 1.05. The lowest BCUT2D eigenvalue weighted by Gasteiger charge is -2.32. The summed E-state index contributed by atoms with van der Waals surface area (Å²) in [6.07, 6.45) is 1.70. The molecule has 118 valence electrons. The fraction of sp³-hybridized carbons (Fsp3) is 0.611. The Kier molecular flexibility index (Phi) is 7.44. The number of hydrogen-bond acceptors (Lipinski definition) is 2. The van der Waals surface area contributed by atoms with E-state index in [1.165, 1.54) is 0 Å². The molecule has 21 heavy (non-hydrogen) atoms. The van der Waals surface area contributed by atoms with E-state index in [0.29, 0.717) is 6.61 Å². The van der Waals surface area contributed by atoms with Crippen molar-refractivity contribution in [2.45, 2.75) is 39.5 Å². The van der Waals surface area contributed by atoms with Crippen LogP contribution in [0.4, 0.5) is 0 Å².